The van der Waals surface area contributed by atoms with Crippen LogP contribution in [0.1, 0.15) is 39.2 Å². The Labute approximate surface area is 125 Å². The molecule has 1 aromatic heterocycles. The van der Waals surface area contributed by atoms with Crippen molar-refractivity contribution in [2.45, 2.75) is 39.2 Å². The molecule has 0 aliphatic carbocycles. The van der Waals surface area contributed by atoms with Crippen LogP contribution in [0.25, 0.3) is 0 Å². The Balaban J connectivity index is 2.13. The van der Waals surface area contributed by atoms with E-state index in [9.17, 15) is 4.79 Å². The average Bonchev–Trinajstić information content (AvgIpc) is 2.45. The minimum atomic E-state index is -0.249. The fourth-order valence-corrected chi connectivity index (χ4v) is 2.21. The van der Waals surface area contributed by atoms with E-state index in [2.05, 4.69) is 29.4 Å². The van der Waals surface area contributed by atoms with E-state index in [4.69, 9.17) is 0 Å². The molecule has 1 N–H and O–H groups in total. The van der Waals surface area contributed by atoms with E-state index >= 15 is 0 Å². The third-order valence-corrected chi connectivity index (χ3v) is 3.51. The van der Waals surface area contributed by atoms with Crippen LogP contribution in [0.2, 0.25) is 0 Å². The van der Waals surface area contributed by atoms with Crippen molar-refractivity contribution < 1.29 is 0 Å². The lowest BCUT2D eigenvalue weighted by Gasteiger charge is -2.22. The van der Waals surface area contributed by atoms with Crippen LogP contribution in [0.5, 0.6) is 0 Å². The normalized spacial score (nSPS) is 13.0. The molecule has 0 fully saturated rings. The summed E-state index contributed by atoms with van der Waals surface area (Å²) in [4.78, 5) is 16.6. The van der Waals surface area contributed by atoms with Gasteiger partial charge in [-0.3, -0.25) is 4.79 Å². The summed E-state index contributed by atoms with van der Waals surface area (Å²) in [6.07, 6.45) is 3.40. The summed E-state index contributed by atoms with van der Waals surface area (Å²) >= 11 is 0. The molecule has 1 atom stereocenters. The molecular weight excluding hydrogens is 262 g/mol. The van der Waals surface area contributed by atoms with Gasteiger partial charge in [-0.1, -0.05) is 37.3 Å². The second kappa shape index (κ2) is 6.12. The van der Waals surface area contributed by atoms with Gasteiger partial charge in [0.2, 0.25) is 0 Å². The van der Waals surface area contributed by atoms with Gasteiger partial charge in [-0.2, -0.15) is 0 Å². The summed E-state index contributed by atoms with van der Waals surface area (Å²) in [6, 6.07) is 10.2. The van der Waals surface area contributed by atoms with Gasteiger partial charge >= 0.3 is 0 Å². The zero-order valence-electron chi connectivity index (χ0n) is 13.1. The number of nitrogens with zero attached hydrogens (tertiary/aromatic N) is 2. The van der Waals surface area contributed by atoms with Crippen LogP contribution in [0, 0.1) is 0 Å². The highest BCUT2D eigenvalue weighted by Gasteiger charge is 2.16. The Morgan fingerprint density at radius 2 is 1.90 bits per heavy atom. The topological polar surface area (TPSA) is 46.9 Å². The van der Waals surface area contributed by atoms with Crippen LogP contribution in [0.3, 0.4) is 0 Å². The Bertz CT molecular complexity index is 641. The highest BCUT2D eigenvalue weighted by atomic mass is 16.1. The van der Waals surface area contributed by atoms with Crippen LogP contribution in [0.4, 0.5) is 5.82 Å². The van der Waals surface area contributed by atoms with E-state index in [1.807, 2.05) is 39.0 Å². The van der Waals surface area contributed by atoms with Gasteiger partial charge in [-0.05, 0) is 32.3 Å². The largest absolute Gasteiger partial charge is 0.365 e. The Morgan fingerprint density at radius 3 is 2.52 bits per heavy atom. The molecule has 1 aromatic carbocycles. The summed E-state index contributed by atoms with van der Waals surface area (Å²) in [6.45, 7) is 8.83. The average molecular weight is 285 g/mol. The SMILES string of the molecule is CC(CNc1nccn(C(C)(C)C)c1=O)c1ccccc1. The van der Waals surface area contributed by atoms with Crippen molar-refractivity contribution in [2.24, 2.45) is 0 Å². The van der Waals surface area contributed by atoms with Gasteiger partial charge in [0.1, 0.15) is 0 Å². The van der Waals surface area contributed by atoms with Crippen LogP contribution < -0.4 is 10.9 Å². The van der Waals surface area contributed by atoms with Crippen molar-refractivity contribution in [1.29, 1.82) is 0 Å². The van der Waals surface area contributed by atoms with E-state index in [1.165, 1.54) is 5.56 Å². The van der Waals surface area contributed by atoms with Gasteiger partial charge in [0.15, 0.2) is 5.82 Å². The van der Waals surface area contributed by atoms with Gasteiger partial charge in [-0.25, -0.2) is 4.98 Å². The zero-order valence-corrected chi connectivity index (χ0v) is 13.1. The molecular formula is C17H23N3O. The first kappa shape index (κ1) is 15.3. The number of hydrogen-bond acceptors (Lipinski definition) is 3. The van der Waals surface area contributed by atoms with E-state index in [1.54, 1.807) is 17.0 Å². The number of rotatable bonds is 4. The molecule has 0 aliphatic heterocycles. The van der Waals surface area contributed by atoms with Crippen LogP contribution >= 0.6 is 0 Å². The lowest BCUT2D eigenvalue weighted by atomic mass is 10.0. The number of nitrogens with one attached hydrogen (secondary N) is 1. The smallest absolute Gasteiger partial charge is 0.293 e. The lowest BCUT2D eigenvalue weighted by molar-refractivity contribution is 0.383. The first-order valence-corrected chi connectivity index (χ1v) is 7.26. The molecule has 1 unspecified atom stereocenters. The van der Waals surface area contributed by atoms with Crippen molar-refractivity contribution >= 4 is 5.82 Å². The highest BCUT2D eigenvalue weighted by molar-refractivity contribution is 5.32. The predicted octanol–water partition coefficient (Wildman–Crippen LogP) is 3.21. The summed E-state index contributed by atoms with van der Waals surface area (Å²) in [5.41, 5.74) is 0.920. The number of benzene rings is 1. The van der Waals surface area contributed by atoms with Gasteiger partial charge < -0.3 is 9.88 Å². The molecule has 1 heterocycles. The van der Waals surface area contributed by atoms with Crippen molar-refractivity contribution in [3.8, 4) is 0 Å². The molecule has 0 spiro atoms. The van der Waals surface area contributed by atoms with E-state index < -0.39 is 0 Å². The Hall–Kier alpha value is -2.10. The summed E-state index contributed by atoms with van der Waals surface area (Å²) < 4.78 is 1.70. The number of hydrogen-bond donors (Lipinski definition) is 1. The standard InChI is InChI=1S/C17H23N3O/c1-13(14-8-6-5-7-9-14)12-19-15-16(21)20(11-10-18-15)17(2,3)4/h5-11,13H,12H2,1-4H3,(H,18,19). The molecule has 0 amide bonds. The fraction of sp³-hybridized carbons (Fsp3) is 0.412. The molecule has 4 heteroatoms. The van der Waals surface area contributed by atoms with E-state index in [-0.39, 0.29) is 11.1 Å². The van der Waals surface area contributed by atoms with Gasteiger partial charge in [0, 0.05) is 24.5 Å². The number of anilines is 1. The van der Waals surface area contributed by atoms with Gasteiger partial charge in [-0.15, -0.1) is 0 Å². The van der Waals surface area contributed by atoms with Crippen molar-refractivity contribution in [3.05, 3.63) is 58.6 Å². The van der Waals surface area contributed by atoms with Gasteiger partial charge in [0.25, 0.3) is 5.56 Å². The molecule has 4 nitrogen and oxygen atoms in total. The molecule has 0 bridgehead atoms. The fourth-order valence-electron chi connectivity index (χ4n) is 2.21. The third-order valence-electron chi connectivity index (χ3n) is 3.51. The Kier molecular flexibility index (Phi) is 4.46. The van der Waals surface area contributed by atoms with Crippen LogP contribution in [0.15, 0.2) is 47.5 Å². The van der Waals surface area contributed by atoms with Crippen molar-refractivity contribution in [1.82, 2.24) is 9.55 Å². The minimum absolute atomic E-state index is 0.0785. The molecule has 2 aromatic rings. The zero-order chi connectivity index (χ0) is 15.5. The molecule has 2 rings (SSSR count). The summed E-state index contributed by atoms with van der Waals surface area (Å²) in [5, 5.41) is 3.18. The van der Waals surface area contributed by atoms with Crippen molar-refractivity contribution in [2.75, 3.05) is 11.9 Å². The number of aromatic nitrogens is 2. The second-order valence-electron chi connectivity index (χ2n) is 6.31. The molecule has 0 saturated carbocycles. The highest BCUT2D eigenvalue weighted by Crippen LogP contribution is 2.15. The maximum Gasteiger partial charge on any atom is 0.293 e. The monoisotopic (exact) mass is 285 g/mol. The maximum absolute atomic E-state index is 12.4. The molecule has 21 heavy (non-hydrogen) atoms. The summed E-state index contributed by atoms with van der Waals surface area (Å²) in [7, 11) is 0. The minimum Gasteiger partial charge on any atom is -0.365 e. The molecule has 0 saturated heterocycles. The Morgan fingerprint density at radius 1 is 1.24 bits per heavy atom. The molecule has 0 radical (unpaired) electrons. The molecule has 112 valence electrons. The van der Waals surface area contributed by atoms with Gasteiger partial charge in [0.05, 0.1) is 0 Å². The lowest BCUT2D eigenvalue weighted by Crippen LogP contribution is -2.35. The predicted molar refractivity (Wildman–Crippen MR) is 86.8 cm³/mol. The third kappa shape index (κ3) is 3.72. The summed E-state index contributed by atoms with van der Waals surface area (Å²) in [5.74, 6) is 0.728. The molecule has 0 aliphatic rings. The van der Waals surface area contributed by atoms with Crippen LogP contribution in [-0.4, -0.2) is 16.1 Å². The van der Waals surface area contributed by atoms with E-state index in [0.29, 0.717) is 18.3 Å². The first-order valence-electron chi connectivity index (χ1n) is 7.26. The van der Waals surface area contributed by atoms with Crippen LogP contribution in [-0.2, 0) is 5.54 Å². The van der Waals surface area contributed by atoms with Crippen molar-refractivity contribution in [3.63, 3.8) is 0 Å². The maximum atomic E-state index is 12.4. The first-order chi connectivity index (χ1) is 9.89. The second-order valence-corrected chi connectivity index (χ2v) is 6.31. The quantitative estimate of drug-likeness (QED) is 0.938. The van der Waals surface area contributed by atoms with E-state index in [0.717, 1.165) is 0 Å².